The second kappa shape index (κ2) is 5.88. The second-order valence-corrected chi connectivity index (χ2v) is 5.46. The minimum atomic E-state index is -4.58. The molecule has 1 aromatic heterocycles. The summed E-state index contributed by atoms with van der Waals surface area (Å²) in [7, 11) is 3.66. The molecule has 0 aromatic carbocycles. The van der Waals surface area contributed by atoms with Crippen molar-refractivity contribution in [1.82, 2.24) is 9.88 Å². The maximum atomic E-state index is 12.7. The van der Waals surface area contributed by atoms with Crippen LogP contribution in [0.15, 0.2) is 12.1 Å². The number of aromatic nitrogens is 1. The van der Waals surface area contributed by atoms with Gasteiger partial charge in [0.05, 0.1) is 5.56 Å². The zero-order valence-electron chi connectivity index (χ0n) is 12.4. The molecule has 3 N–H and O–H groups in total. The predicted octanol–water partition coefficient (Wildman–Crippen LogP) is 2.10. The third kappa shape index (κ3) is 4.32. The summed E-state index contributed by atoms with van der Waals surface area (Å²) in [5, 5.41) is 7.39. The van der Waals surface area contributed by atoms with E-state index in [4.69, 9.17) is 15.9 Å². The highest BCUT2D eigenvalue weighted by Gasteiger charge is 2.34. The monoisotopic (exact) mass is 304 g/mol. The number of halogens is 3. The van der Waals surface area contributed by atoms with Gasteiger partial charge in [-0.05, 0) is 40.1 Å². The highest BCUT2D eigenvalue weighted by atomic mass is 19.4. The van der Waals surface area contributed by atoms with Gasteiger partial charge in [-0.3, -0.25) is 5.41 Å². The summed E-state index contributed by atoms with van der Waals surface area (Å²) in [6.45, 7) is 3.84. The summed E-state index contributed by atoms with van der Waals surface area (Å²) < 4.78 is 43.5. The molecule has 5 nitrogen and oxygen atoms in total. The quantitative estimate of drug-likeness (QED) is 0.645. The van der Waals surface area contributed by atoms with Gasteiger partial charge in [0.25, 0.3) is 0 Å². The Kier molecular flexibility index (Phi) is 4.83. The van der Waals surface area contributed by atoms with Crippen molar-refractivity contribution in [2.45, 2.75) is 25.6 Å². The minimum absolute atomic E-state index is 0.0394. The number of ether oxygens (including phenoxy) is 1. The van der Waals surface area contributed by atoms with Crippen LogP contribution in [0.2, 0.25) is 0 Å². The SMILES string of the molecule is CN(C)C(C)(C)COc1nc(C(F)(F)F)ccc1C(=N)N. The maximum Gasteiger partial charge on any atom is 0.433 e. The number of pyridine rings is 1. The zero-order valence-corrected chi connectivity index (χ0v) is 12.4. The Labute approximate surface area is 121 Å². The number of rotatable bonds is 5. The Hall–Kier alpha value is -1.83. The Morgan fingerprint density at radius 1 is 1.33 bits per heavy atom. The van der Waals surface area contributed by atoms with Gasteiger partial charge in [-0.25, -0.2) is 4.98 Å². The molecular formula is C13H19F3N4O. The first-order valence-corrected chi connectivity index (χ1v) is 6.18. The van der Waals surface area contributed by atoms with Gasteiger partial charge < -0.3 is 15.4 Å². The molecule has 21 heavy (non-hydrogen) atoms. The number of hydrogen-bond acceptors (Lipinski definition) is 4. The number of nitrogen functional groups attached to an aromatic ring is 1. The van der Waals surface area contributed by atoms with Crippen molar-refractivity contribution < 1.29 is 17.9 Å². The molecule has 0 amide bonds. The Morgan fingerprint density at radius 2 is 1.90 bits per heavy atom. The second-order valence-electron chi connectivity index (χ2n) is 5.46. The van der Waals surface area contributed by atoms with Crippen molar-refractivity contribution in [2.24, 2.45) is 5.73 Å². The molecule has 0 saturated carbocycles. The molecule has 8 heteroatoms. The van der Waals surface area contributed by atoms with E-state index in [-0.39, 0.29) is 18.1 Å². The predicted molar refractivity (Wildman–Crippen MR) is 73.5 cm³/mol. The fraction of sp³-hybridized carbons (Fsp3) is 0.538. The third-order valence-electron chi connectivity index (χ3n) is 3.21. The minimum Gasteiger partial charge on any atom is -0.475 e. The summed E-state index contributed by atoms with van der Waals surface area (Å²) in [5.74, 6) is -0.680. The van der Waals surface area contributed by atoms with Crippen LogP contribution in [0.25, 0.3) is 0 Å². The van der Waals surface area contributed by atoms with Gasteiger partial charge in [0, 0.05) is 5.54 Å². The number of likely N-dealkylation sites (N-methyl/N-ethyl adjacent to an activating group) is 1. The smallest absolute Gasteiger partial charge is 0.433 e. The summed E-state index contributed by atoms with van der Waals surface area (Å²) in [4.78, 5) is 5.31. The molecular weight excluding hydrogens is 285 g/mol. The molecule has 0 bridgehead atoms. The van der Waals surface area contributed by atoms with Crippen LogP contribution in [0.3, 0.4) is 0 Å². The molecule has 0 unspecified atom stereocenters. The van der Waals surface area contributed by atoms with Gasteiger partial charge in [-0.15, -0.1) is 0 Å². The molecule has 0 saturated heterocycles. The lowest BCUT2D eigenvalue weighted by Gasteiger charge is -2.32. The Balaban J connectivity index is 3.11. The lowest BCUT2D eigenvalue weighted by Crippen LogP contribution is -2.43. The molecule has 0 aliphatic carbocycles. The van der Waals surface area contributed by atoms with E-state index >= 15 is 0 Å². The van der Waals surface area contributed by atoms with Crippen LogP contribution in [0, 0.1) is 5.41 Å². The van der Waals surface area contributed by atoms with E-state index < -0.39 is 23.2 Å². The van der Waals surface area contributed by atoms with E-state index in [1.165, 1.54) is 0 Å². The van der Waals surface area contributed by atoms with Crippen LogP contribution in [0.1, 0.15) is 25.1 Å². The lowest BCUT2D eigenvalue weighted by atomic mass is 10.1. The van der Waals surface area contributed by atoms with Crippen LogP contribution in [0.5, 0.6) is 5.88 Å². The normalized spacial score (nSPS) is 12.6. The van der Waals surface area contributed by atoms with Crippen molar-refractivity contribution in [3.05, 3.63) is 23.4 Å². The maximum absolute atomic E-state index is 12.7. The molecule has 0 aliphatic rings. The number of nitrogens with one attached hydrogen (secondary N) is 1. The van der Waals surface area contributed by atoms with Crippen LogP contribution in [-0.2, 0) is 6.18 Å². The molecule has 0 aliphatic heterocycles. The molecule has 1 aromatic rings. The summed E-state index contributed by atoms with van der Waals surface area (Å²) >= 11 is 0. The largest absolute Gasteiger partial charge is 0.475 e. The van der Waals surface area contributed by atoms with Gasteiger partial charge in [0.2, 0.25) is 5.88 Å². The van der Waals surface area contributed by atoms with Crippen molar-refractivity contribution >= 4 is 5.84 Å². The van der Waals surface area contributed by atoms with Gasteiger partial charge in [-0.1, -0.05) is 0 Å². The van der Waals surface area contributed by atoms with E-state index in [9.17, 15) is 13.2 Å². The van der Waals surface area contributed by atoms with E-state index in [1.807, 2.05) is 32.8 Å². The third-order valence-corrected chi connectivity index (χ3v) is 3.21. The number of nitrogens with two attached hydrogens (primary N) is 1. The first-order chi connectivity index (χ1) is 9.45. The summed E-state index contributed by atoms with van der Waals surface area (Å²) in [6.07, 6.45) is -4.58. The number of hydrogen-bond donors (Lipinski definition) is 2. The Bertz CT molecular complexity index is 527. The molecule has 0 fully saturated rings. The van der Waals surface area contributed by atoms with Gasteiger partial charge in [0.15, 0.2) is 0 Å². The van der Waals surface area contributed by atoms with Gasteiger partial charge >= 0.3 is 6.18 Å². The van der Waals surface area contributed by atoms with Crippen molar-refractivity contribution in [1.29, 1.82) is 5.41 Å². The highest BCUT2D eigenvalue weighted by molar-refractivity contribution is 5.97. The van der Waals surface area contributed by atoms with Gasteiger partial charge in [-0.2, -0.15) is 13.2 Å². The lowest BCUT2D eigenvalue weighted by molar-refractivity contribution is -0.141. The topological polar surface area (TPSA) is 75.2 Å². The average molecular weight is 304 g/mol. The number of amidine groups is 1. The van der Waals surface area contributed by atoms with Crippen molar-refractivity contribution in [3.63, 3.8) is 0 Å². The first kappa shape index (κ1) is 17.2. The van der Waals surface area contributed by atoms with Gasteiger partial charge in [0.1, 0.15) is 18.1 Å². The molecule has 118 valence electrons. The highest BCUT2D eigenvalue weighted by Crippen LogP contribution is 2.30. The zero-order chi connectivity index (χ0) is 16.4. The van der Waals surface area contributed by atoms with E-state index in [1.54, 1.807) is 0 Å². The fourth-order valence-electron chi connectivity index (χ4n) is 1.29. The summed E-state index contributed by atoms with van der Waals surface area (Å²) in [6, 6.07) is 1.87. The summed E-state index contributed by atoms with van der Waals surface area (Å²) in [5.41, 5.74) is 3.89. The van der Waals surface area contributed by atoms with E-state index in [0.717, 1.165) is 12.1 Å². The first-order valence-electron chi connectivity index (χ1n) is 6.18. The standard InChI is InChI=1S/C13H19F3N4O/c1-12(2,20(3)4)7-21-11-8(10(17)18)5-6-9(19-11)13(14,15)16/h5-6H,7H2,1-4H3,(H3,17,18). The van der Waals surface area contributed by atoms with Crippen LogP contribution < -0.4 is 10.5 Å². The van der Waals surface area contributed by atoms with E-state index in [2.05, 4.69) is 4.98 Å². The van der Waals surface area contributed by atoms with E-state index in [0.29, 0.717) is 0 Å². The number of nitrogens with zero attached hydrogens (tertiary/aromatic N) is 2. The Morgan fingerprint density at radius 3 is 2.33 bits per heavy atom. The van der Waals surface area contributed by atoms with Crippen LogP contribution in [-0.4, -0.2) is 42.0 Å². The molecule has 0 atom stereocenters. The average Bonchev–Trinajstić information content (AvgIpc) is 2.34. The van der Waals surface area contributed by atoms with Crippen LogP contribution >= 0.6 is 0 Å². The molecule has 1 heterocycles. The van der Waals surface area contributed by atoms with Crippen molar-refractivity contribution in [3.8, 4) is 5.88 Å². The number of alkyl halides is 3. The van der Waals surface area contributed by atoms with Crippen molar-refractivity contribution in [2.75, 3.05) is 20.7 Å². The molecule has 1 rings (SSSR count). The molecule has 0 spiro atoms. The molecule has 0 radical (unpaired) electrons. The van der Waals surface area contributed by atoms with Crippen LogP contribution in [0.4, 0.5) is 13.2 Å². The fourth-order valence-corrected chi connectivity index (χ4v) is 1.29.